The van der Waals surface area contributed by atoms with Gasteiger partial charge in [-0.25, -0.2) is 0 Å². The molecule has 17 heavy (non-hydrogen) atoms. The molecule has 1 N–H and O–H groups in total. The monoisotopic (exact) mass is 235 g/mol. The fraction of sp³-hybridized carbons (Fsp3) is 0.333. The molecule has 1 aromatic carbocycles. The lowest BCUT2D eigenvalue weighted by Gasteiger charge is -2.27. The van der Waals surface area contributed by atoms with Crippen molar-refractivity contribution in [2.45, 2.75) is 25.9 Å². The van der Waals surface area contributed by atoms with Gasteiger partial charge in [0.15, 0.2) is 5.78 Å². The average molecular weight is 235 g/mol. The normalized spacial score (nSPS) is 18.1. The second kappa shape index (κ2) is 4.08. The number of aliphatic carboxylic acids is 1. The van der Waals surface area contributed by atoms with E-state index in [2.05, 4.69) is 0 Å². The van der Waals surface area contributed by atoms with Crippen LogP contribution in [0.4, 0.5) is 0 Å². The largest absolute Gasteiger partial charge is 0.546 e. The number of ketones is 1. The molecule has 0 aliphatic carbocycles. The first kappa shape index (κ1) is 11.4. The first-order chi connectivity index (χ1) is 7.99. The Hall–Kier alpha value is -2.04. The lowest BCUT2D eigenvalue weighted by Crippen LogP contribution is -2.41. The van der Waals surface area contributed by atoms with Crippen LogP contribution in [0.25, 0.3) is 0 Å². The van der Waals surface area contributed by atoms with Crippen LogP contribution >= 0.6 is 0 Å². The van der Waals surface area contributed by atoms with Crippen molar-refractivity contribution < 1.29 is 24.5 Å². The number of hydrogen-bond donors (Lipinski definition) is 1. The first-order valence-corrected chi connectivity index (χ1v) is 5.23. The SMILES string of the molecule is CC(=O)c1cc2c(cc1O)OC(C(=O)[O-])CC2. The van der Waals surface area contributed by atoms with E-state index in [-0.39, 0.29) is 17.1 Å². The summed E-state index contributed by atoms with van der Waals surface area (Å²) in [5, 5.41) is 20.3. The molecule has 1 aliphatic heterocycles. The number of carboxylic acids is 1. The fourth-order valence-electron chi connectivity index (χ4n) is 1.87. The Morgan fingerprint density at radius 3 is 2.76 bits per heavy atom. The number of ether oxygens (including phenoxy) is 1. The molecule has 1 atom stereocenters. The maximum absolute atomic E-state index is 11.2. The van der Waals surface area contributed by atoms with E-state index in [0.29, 0.717) is 18.6 Å². The van der Waals surface area contributed by atoms with Crippen molar-refractivity contribution in [1.82, 2.24) is 0 Å². The minimum atomic E-state index is -1.27. The molecule has 1 aliphatic rings. The topological polar surface area (TPSA) is 86.7 Å². The second-order valence-electron chi connectivity index (χ2n) is 4.00. The van der Waals surface area contributed by atoms with Gasteiger partial charge in [-0.1, -0.05) is 0 Å². The van der Waals surface area contributed by atoms with E-state index < -0.39 is 12.1 Å². The third-order valence-electron chi connectivity index (χ3n) is 2.77. The van der Waals surface area contributed by atoms with E-state index in [1.165, 1.54) is 13.0 Å². The number of hydrogen-bond acceptors (Lipinski definition) is 5. The third-order valence-corrected chi connectivity index (χ3v) is 2.77. The van der Waals surface area contributed by atoms with Crippen LogP contribution in [-0.4, -0.2) is 23.0 Å². The first-order valence-electron chi connectivity index (χ1n) is 5.23. The summed E-state index contributed by atoms with van der Waals surface area (Å²) in [5.41, 5.74) is 0.949. The summed E-state index contributed by atoms with van der Waals surface area (Å²) in [7, 11) is 0. The number of rotatable bonds is 2. The summed E-state index contributed by atoms with van der Waals surface area (Å²) in [5.74, 6) is -1.42. The molecular weight excluding hydrogens is 224 g/mol. The van der Waals surface area contributed by atoms with Gasteiger partial charge in [-0.3, -0.25) is 4.79 Å². The average Bonchev–Trinajstić information content (AvgIpc) is 2.26. The predicted octanol–water partition coefficient (Wildman–Crippen LogP) is 0.0383. The molecule has 5 nitrogen and oxygen atoms in total. The lowest BCUT2D eigenvalue weighted by atomic mass is 9.98. The van der Waals surface area contributed by atoms with Crippen LogP contribution in [0.15, 0.2) is 12.1 Å². The number of fused-ring (bicyclic) bond motifs is 1. The summed E-state index contributed by atoms with van der Waals surface area (Å²) in [4.78, 5) is 21.9. The van der Waals surface area contributed by atoms with Crippen molar-refractivity contribution in [2.75, 3.05) is 0 Å². The molecule has 90 valence electrons. The van der Waals surface area contributed by atoms with Gasteiger partial charge in [0.1, 0.15) is 17.6 Å². The van der Waals surface area contributed by atoms with Crippen molar-refractivity contribution in [3.63, 3.8) is 0 Å². The summed E-state index contributed by atoms with van der Waals surface area (Å²) in [6.07, 6.45) is -0.212. The van der Waals surface area contributed by atoms with Crippen molar-refractivity contribution in [2.24, 2.45) is 0 Å². The summed E-state index contributed by atoms with van der Waals surface area (Å²) in [6.45, 7) is 1.36. The number of carboxylic acid groups (broad SMARTS) is 1. The predicted molar refractivity (Wildman–Crippen MR) is 55.9 cm³/mol. The van der Waals surface area contributed by atoms with Gasteiger partial charge in [-0.2, -0.15) is 0 Å². The minimum absolute atomic E-state index is 0.199. The van der Waals surface area contributed by atoms with Crippen LogP contribution < -0.4 is 9.84 Å². The van der Waals surface area contributed by atoms with Gasteiger partial charge in [-0.15, -0.1) is 0 Å². The Balaban J connectivity index is 2.38. The third kappa shape index (κ3) is 2.08. The molecule has 0 amide bonds. The molecule has 0 spiro atoms. The van der Waals surface area contributed by atoms with Crippen LogP contribution in [0.1, 0.15) is 29.3 Å². The minimum Gasteiger partial charge on any atom is -0.546 e. The summed E-state index contributed by atoms with van der Waals surface area (Å²) >= 11 is 0. The van der Waals surface area contributed by atoms with E-state index in [1.54, 1.807) is 6.07 Å². The van der Waals surface area contributed by atoms with Gasteiger partial charge in [0.25, 0.3) is 0 Å². The Bertz CT molecular complexity index is 492. The van der Waals surface area contributed by atoms with Gasteiger partial charge in [0.05, 0.1) is 11.5 Å². The summed E-state index contributed by atoms with van der Waals surface area (Å²) < 4.78 is 5.18. The number of aromatic hydroxyl groups is 1. The van der Waals surface area contributed by atoms with Crippen LogP contribution in [0.2, 0.25) is 0 Å². The molecule has 0 saturated carbocycles. The highest BCUT2D eigenvalue weighted by Gasteiger charge is 2.23. The summed E-state index contributed by atoms with van der Waals surface area (Å²) in [6, 6.07) is 2.82. The standard InChI is InChI=1S/C12H12O5/c1-6(13)8-4-7-2-3-10(12(15)16)17-11(7)5-9(8)14/h4-5,10,14H,2-3H2,1H3,(H,15,16)/p-1. The number of benzene rings is 1. The lowest BCUT2D eigenvalue weighted by molar-refractivity contribution is -0.314. The Morgan fingerprint density at radius 2 is 2.18 bits per heavy atom. The fourth-order valence-corrected chi connectivity index (χ4v) is 1.87. The molecule has 2 rings (SSSR count). The van der Waals surface area contributed by atoms with E-state index in [0.717, 1.165) is 5.56 Å². The number of phenolic OH excluding ortho intramolecular Hbond substituents is 1. The van der Waals surface area contributed by atoms with Crippen LogP contribution in [0.5, 0.6) is 11.5 Å². The van der Waals surface area contributed by atoms with Gasteiger partial charge >= 0.3 is 0 Å². The number of phenols is 1. The molecule has 1 aromatic rings. The molecule has 0 radical (unpaired) electrons. The Kier molecular flexibility index (Phi) is 2.75. The quantitative estimate of drug-likeness (QED) is 0.731. The van der Waals surface area contributed by atoms with Crippen molar-refractivity contribution in [3.8, 4) is 11.5 Å². The van der Waals surface area contributed by atoms with Gasteiger partial charge in [-0.05, 0) is 31.4 Å². The number of carbonyl (C=O) groups is 2. The Morgan fingerprint density at radius 1 is 1.47 bits per heavy atom. The van der Waals surface area contributed by atoms with E-state index in [1.807, 2.05) is 0 Å². The van der Waals surface area contributed by atoms with Gasteiger partial charge < -0.3 is 19.7 Å². The zero-order valence-electron chi connectivity index (χ0n) is 9.23. The number of aryl methyl sites for hydroxylation is 1. The highest BCUT2D eigenvalue weighted by molar-refractivity contribution is 5.97. The van der Waals surface area contributed by atoms with Crippen molar-refractivity contribution in [1.29, 1.82) is 0 Å². The molecule has 5 heteroatoms. The molecule has 0 bridgehead atoms. The molecule has 1 unspecified atom stereocenters. The second-order valence-corrected chi connectivity index (χ2v) is 4.00. The molecule has 0 saturated heterocycles. The van der Waals surface area contributed by atoms with Gasteiger partial charge in [0, 0.05) is 6.07 Å². The number of carbonyl (C=O) groups excluding carboxylic acids is 2. The molecule has 0 fully saturated rings. The van der Waals surface area contributed by atoms with Crippen molar-refractivity contribution in [3.05, 3.63) is 23.3 Å². The van der Waals surface area contributed by atoms with E-state index in [9.17, 15) is 19.8 Å². The highest BCUT2D eigenvalue weighted by atomic mass is 16.5. The molecule has 0 aromatic heterocycles. The zero-order valence-corrected chi connectivity index (χ0v) is 9.23. The highest BCUT2D eigenvalue weighted by Crippen LogP contribution is 2.33. The van der Waals surface area contributed by atoms with Crippen LogP contribution in [-0.2, 0) is 11.2 Å². The molecule has 1 heterocycles. The van der Waals surface area contributed by atoms with Crippen LogP contribution in [0.3, 0.4) is 0 Å². The zero-order chi connectivity index (χ0) is 12.6. The number of Topliss-reactive ketones (excluding diaryl/α,β-unsaturated/α-hetero) is 1. The maximum Gasteiger partial charge on any atom is 0.163 e. The van der Waals surface area contributed by atoms with Crippen LogP contribution in [0, 0.1) is 0 Å². The van der Waals surface area contributed by atoms with E-state index in [4.69, 9.17) is 4.74 Å². The molecular formula is C12H11O5-. The Labute approximate surface area is 97.6 Å². The smallest absolute Gasteiger partial charge is 0.163 e. The van der Waals surface area contributed by atoms with Gasteiger partial charge in [0.2, 0.25) is 0 Å². The van der Waals surface area contributed by atoms with E-state index >= 15 is 0 Å². The maximum atomic E-state index is 11.2. The van der Waals surface area contributed by atoms with Crippen molar-refractivity contribution >= 4 is 11.8 Å².